The summed E-state index contributed by atoms with van der Waals surface area (Å²) in [4.78, 5) is 6.64. The van der Waals surface area contributed by atoms with Crippen molar-refractivity contribution in [1.29, 1.82) is 0 Å². The number of rotatable bonds is 4. The van der Waals surface area contributed by atoms with E-state index in [1.165, 1.54) is 6.07 Å². The number of aliphatic imine (C=N–C) groups is 1. The molecule has 154 valence electrons. The van der Waals surface area contributed by atoms with Crippen LogP contribution in [-0.4, -0.2) is 53.9 Å². The lowest BCUT2D eigenvalue weighted by Gasteiger charge is -2.36. The van der Waals surface area contributed by atoms with Crippen LogP contribution in [0.25, 0.3) is 0 Å². The molecule has 1 N–H and O–H groups in total. The zero-order valence-electron chi connectivity index (χ0n) is 16.9. The third kappa shape index (κ3) is 5.44. The summed E-state index contributed by atoms with van der Waals surface area (Å²) < 4.78 is 21.3. The molecule has 0 amide bonds. The molecule has 6 nitrogen and oxygen atoms in total. The van der Waals surface area contributed by atoms with Gasteiger partial charge in [-0.05, 0) is 17.7 Å². The Labute approximate surface area is 183 Å². The molecule has 1 fully saturated rings. The van der Waals surface area contributed by atoms with Crippen LogP contribution in [0.5, 0.6) is 0 Å². The number of guanidine groups is 1. The second kappa shape index (κ2) is 9.69. The van der Waals surface area contributed by atoms with Crippen LogP contribution in [0.2, 0.25) is 0 Å². The number of morpholine rings is 1. The number of aromatic nitrogens is 2. The average molecular weight is 501 g/mol. The van der Waals surface area contributed by atoms with Crippen molar-refractivity contribution in [2.45, 2.75) is 25.4 Å². The van der Waals surface area contributed by atoms with E-state index in [2.05, 4.69) is 34.2 Å². The molecule has 1 atom stereocenters. The lowest BCUT2D eigenvalue weighted by atomic mass is 9.84. The van der Waals surface area contributed by atoms with Gasteiger partial charge in [-0.25, -0.2) is 4.39 Å². The van der Waals surface area contributed by atoms with E-state index in [9.17, 15) is 4.39 Å². The van der Waals surface area contributed by atoms with E-state index in [0.29, 0.717) is 19.7 Å². The predicted octanol–water partition coefficient (Wildman–Crippen LogP) is 3.10. The molecule has 0 spiro atoms. The van der Waals surface area contributed by atoms with Crippen LogP contribution in [0.3, 0.4) is 0 Å². The molecule has 1 unspecified atom stereocenters. The monoisotopic (exact) mass is 501 g/mol. The molecule has 28 heavy (non-hydrogen) atoms. The Balaban J connectivity index is 0.00000280. The number of nitrogens with one attached hydrogen (secondary N) is 1. The number of nitrogens with zero attached hydrogens (tertiary/aromatic N) is 4. The van der Waals surface area contributed by atoms with Crippen molar-refractivity contribution in [3.05, 3.63) is 53.6 Å². The van der Waals surface area contributed by atoms with Crippen molar-refractivity contribution >= 4 is 29.9 Å². The molecular formula is C20H29FIN5O. The first-order valence-electron chi connectivity index (χ1n) is 9.21. The Morgan fingerprint density at radius 1 is 1.43 bits per heavy atom. The van der Waals surface area contributed by atoms with Crippen molar-refractivity contribution in [2.75, 3.05) is 33.3 Å². The first-order chi connectivity index (χ1) is 12.9. The SMILES string of the molecule is CN=C(NCC(C)(C)c1cccc(F)c1)N1CCOC(c2cnn(C)c2)C1.I. The quantitative estimate of drug-likeness (QED) is 0.398. The highest BCUT2D eigenvalue weighted by Crippen LogP contribution is 2.24. The second-order valence-electron chi connectivity index (χ2n) is 7.55. The first kappa shape index (κ1) is 22.6. The van der Waals surface area contributed by atoms with E-state index in [4.69, 9.17) is 4.74 Å². The minimum atomic E-state index is -0.229. The summed E-state index contributed by atoms with van der Waals surface area (Å²) in [7, 11) is 3.69. The van der Waals surface area contributed by atoms with Gasteiger partial charge in [0.1, 0.15) is 11.9 Å². The van der Waals surface area contributed by atoms with Crippen LogP contribution < -0.4 is 5.32 Å². The highest BCUT2D eigenvalue weighted by atomic mass is 127. The van der Waals surface area contributed by atoms with Crippen LogP contribution in [0.1, 0.15) is 31.1 Å². The van der Waals surface area contributed by atoms with Gasteiger partial charge in [-0.2, -0.15) is 5.10 Å². The molecule has 2 heterocycles. The second-order valence-corrected chi connectivity index (χ2v) is 7.55. The van der Waals surface area contributed by atoms with Crippen molar-refractivity contribution in [1.82, 2.24) is 20.0 Å². The number of benzene rings is 1. The van der Waals surface area contributed by atoms with Gasteiger partial charge in [-0.15, -0.1) is 24.0 Å². The van der Waals surface area contributed by atoms with Gasteiger partial charge >= 0.3 is 0 Å². The number of halogens is 2. The van der Waals surface area contributed by atoms with E-state index >= 15 is 0 Å². The molecule has 3 rings (SSSR count). The number of ether oxygens (including phenoxy) is 1. The summed E-state index contributed by atoms with van der Waals surface area (Å²) in [5.74, 6) is 0.620. The van der Waals surface area contributed by atoms with E-state index in [0.717, 1.165) is 23.6 Å². The minimum absolute atomic E-state index is 0. The number of aryl methyl sites for hydroxylation is 1. The smallest absolute Gasteiger partial charge is 0.193 e. The van der Waals surface area contributed by atoms with Gasteiger partial charge in [-0.1, -0.05) is 26.0 Å². The van der Waals surface area contributed by atoms with Gasteiger partial charge in [0, 0.05) is 44.4 Å². The van der Waals surface area contributed by atoms with E-state index in [1.54, 1.807) is 23.9 Å². The van der Waals surface area contributed by atoms with Crippen molar-refractivity contribution in [2.24, 2.45) is 12.0 Å². The molecule has 1 aliphatic heterocycles. The van der Waals surface area contributed by atoms with Gasteiger partial charge in [0.05, 0.1) is 19.3 Å². The standard InChI is InChI=1S/C20H28FN5O.HI/c1-20(2,16-6-5-7-17(21)10-16)14-23-19(22-3)26-8-9-27-18(13-26)15-11-24-25(4)12-15;/h5-7,10-12,18H,8-9,13-14H2,1-4H3,(H,22,23);1H. The summed E-state index contributed by atoms with van der Waals surface area (Å²) in [5.41, 5.74) is 1.80. The Kier molecular flexibility index (Phi) is 7.82. The Bertz CT molecular complexity index is 807. The first-order valence-corrected chi connectivity index (χ1v) is 9.21. The fourth-order valence-corrected chi connectivity index (χ4v) is 3.29. The molecule has 1 aliphatic rings. The maximum absolute atomic E-state index is 13.6. The average Bonchev–Trinajstić information content (AvgIpc) is 3.09. The van der Waals surface area contributed by atoms with Crippen LogP contribution in [0.15, 0.2) is 41.7 Å². The molecule has 1 saturated heterocycles. The highest BCUT2D eigenvalue weighted by Gasteiger charge is 2.27. The molecule has 8 heteroatoms. The summed E-state index contributed by atoms with van der Waals surface area (Å²) in [6.07, 6.45) is 3.80. The normalized spacial score (nSPS) is 18.0. The molecule has 1 aromatic carbocycles. The summed E-state index contributed by atoms with van der Waals surface area (Å²) in [6.45, 7) is 6.97. The number of hydrogen-bond donors (Lipinski definition) is 1. The molecular weight excluding hydrogens is 472 g/mol. The molecule has 2 aromatic rings. The molecule has 0 aliphatic carbocycles. The Morgan fingerprint density at radius 2 is 2.21 bits per heavy atom. The summed E-state index contributed by atoms with van der Waals surface area (Å²) >= 11 is 0. The largest absolute Gasteiger partial charge is 0.370 e. The minimum Gasteiger partial charge on any atom is -0.370 e. The van der Waals surface area contributed by atoms with Crippen molar-refractivity contribution in [3.8, 4) is 0 Å². The molecule has 0 saturated carbocycles. The van der Waals surface area contributed by atoms with Crippen LogP contribution in [0, 0.1) is 5.82 Å². The van der Waals surface area contributed by atoms with E-state index in [1.807, 2.05) is 25.5 Å². The van der Waals surface area contributed by atoms with Crippen molar-refractivity contribution < 1.29 is 9.13 Å². The van der Waals surface area contributed by atoms with Crippen molar-refractivity contribution in [3.63, 3.8) is 0 Å². The van der Waals surface area contributed by atoms with Crippen LogP contribution in [-0.2, 0) is 17.2 Å². The number of hydrogen-bond acceptors (Lipinski definition) is 3. The fourth-order valence-electron chi connectivity index (χ4n) is 3.29. The van der Waals surface area contributed by atoms with E-state index < -0.39 is 0 Å². The van der Waals surface area contributed by atoms with Gasteiger partial charge < -0.3 is 15.0 Å². The molecule has 0 bridgehead atoms. The fraction of sp³-hybridized carbons (Fsp3) is 0.500. The lowest BCUT2D eigenvalue weighted by molar-refractivity contribution is -0.00808. The Morgan fingerprint density at radius 3 is 2.86 bits per heavy atom. The summed E-state index contributed by atoms with van der Waals surface area (Å²) in [6, 6.07) is 6.78. The predicted molar refractivity (Wildman–Crippen MR) is 120 cm³/mol. The third-order valence-electron chi connectivity index (χ3n) is 4.97. The van der Waals surface area contributed by atoms with Crippen LogP contribution >= 0.6 is 24.0 Å². The molecule has 1 aromatic heterocycles. The zero-order chi connectivity index (χ0) is 19.4. The topological polar surface area (TPSA) is 54.7 Å². The zero-order valence-corrected chi connectivity index (χ0v) is 19.2. The van der Waals surface area contributed by atoms with Gasteiger partial charge in [0.2, 0.25) is 0 Å². The highest BCUT2D eigenvalue weighted by molar-refractivity contribution is 14.0. The lowest BCUT2D eigenvalue weighted by Crippen LogP contribution is -2.50. The third-order valence-corrected chi connectivity index (χ3v) is 4.97. The van der Waals surface area contributed by atoms with Gasteiger partial charge in [-0.3, -0.25) is 9.67 Å². The van der Waals surface area contributed by atoms with Gasteiger partial charge in [0.25, 0.3) is 0 Å². The molecule has 0 radical (unpaired) electrons. The van der Waals surface area contributed by atoms with Crippen LogP contribution in [0.4, 0.5) is 4.39 Å². The van der Waals surface area contributed by atoms with E-state index in [-0.39, 0.29) is 41.3 Å². The maximum atomic E-state index is 13.6. The maximum Gasteiger partial charge on any atom is 0.193 e. The Hall–Kier alpha value is -1.68. The summed E-state index contributed by atoms with van der Waals surface area (Å²) in [5, 5.41) is 7.68. The van der Waals surface area contributed by atoms with Gasteiger partial charge in [0.15, 0.2) is 5.96 Å².